The first-order valence-electron chi connectivity index (χ1n) is 7.09. The van der Waals surface area contributed by atoms with Crippen LogP contribution in [0.25, 0.3) is 0 Å². The van der Waals surface area contributed by atoms with Crippen molar-refractivity contribution in [2.75, 3.05) is 0 Å². The molecule has 2 atom stereocenters. The standard InChI is InChI=1S/C16H20N2S/c1-2-14(16-17-10-11-19-16)18-15(13-8-9-13)12-6-4-3-5-7-12/h3-7,10-11,13-15,18H,2,8-9H2,1H3. The van der Waals surface area contributed by atoms with Gasteiger partial charge in [-0.25, -0.2) is 4.98 Å². The van der Waals surface area contributed by atoms with Crippen molar-refractivity contribution < 1.29 is 0 Å². The number of benzene rings is 1. The number of aromatic nitrogens is 1. The molecule has 3 heteroatoms. The number of thiazole rings is 1. The minimum absolute atomic E-state index is 0.380. The summed E-state index contributed by atoms with van der Waals surface area (Å²) in [4.78, 5) is 4.47. The second-order valence-corrected chi connectivity index (χ2v) is 6.15. The molecule has 1 aliphatic carbocycles. The van der Waals surface area contributed by atoms with Gasteiger partial charge in [0.15, 0.2) is 0 Å². The van der Waals surface area contributed by atoms with Gasteiger partial charge in [0.05, 0.1) is 6.04 Å². The molecule has 3 rings (SSSR count). The van der Waals surface area contributed by atoms with Gasteiger partial charge in [-0.1, -0.05) is 37.3 Å². The van der Waals surface area contributed by atoms with Gasteiger partial charge in [-0.2, -0.15) is 0 Å². The minimum atomic E-state index is 0.380. The van der Waals surface area contributed by atoms with Crippen molar-refractivity contribution in [1.82, 2.24) is 10.3 Å². The van der Waals surface area contributed by atoms with Gasteiger partial charge in [0.25, 0.3) is 0 Å². The molecule has 0 bridgehead atoms. The maximum Gasteiger partial charge on any atom is 0.109 e. The maximum absolute atomic E-state index is 4.47. The Morgan fingerprint density at radius 2 is 2.11 bits per heavy atom. The van der Waals surface area contributed by atoms with Gasteiger partial charge >= 0.3 is 0 Å². The molecule has 0 spiro atoms. The Morgan fingerprint density at radius 1 is 1.32 bits per heavy atom. The highest BCUT2D eigenvalue weighted by Crippen LogP contribution is 2.42. The van der Waals surface area contributed by atoms with Crippen LogP contribution in [0.2, 0.25) is 0 Å². The largest absolute Gasteiger partial charge is 0.301 e. The van der Waals surface area contributed by atoms with Crippen LogP contribution >= 0.6 is 11.3 Å². The third kappa shape index (κ3) is 3.04. The van der Waals surface area contributed by atoms with E-state index in [9.17, 15) is 0 Å². The lowest BCUT2D eigenvalue weighted by Gasteiger charge is -2.24. The van der Waals surface area contributed by atoms with Gasteiger partial charge in [0.2, 0.25) is 0 Å². The molecule has 0 amide bonds. The Morgan fingerprint density at radius 3 is 2.68 bits per heavy atom. The lowest BCUT2D eigenvalue weighted by Crippen LogP contribution is -2.27. The molecule has 2 nitrogen and oxygen atoms in total. The van der Waals surface area contributed by atoms with E-state index in [0.717, 1.165) is 12.3 Å². The molecule has 100 valence electrons. The topological polar surface area (TPSA) is 24.9 Å². The number of rotatable bonds is 6. The van der Waals surface area contributed by atoms with E-state index in [0.29, 0.717) is 12.1 Å². The average molecular weight is 272 g/mol. The van der Waals surface area contributed by atoms with E-state index < -0.39 is 0 Å². The Labute approximate surface area is 118 Å². The second-order valence-electron chi connectivity index (χ2n) is 5.22. The molecule has 1 saturated carbocycles. The Bertz CT molecular complexity index is 491. The Hall–Kier alpha value is -1.19. The molecule has 0 saturated heterocycles. The van der Waals surface area contributed by atoms with Crippen molar-refractivity contribution >= 4 is 11.3 Å². The van der Waals surface area contributed by atoms with Crippen molar-refractivity contribution in [3.63, 3.8) is 0 Å². The van der Waals surface area contributed by atoms with Crippen molar-refractivity contribution in [2.45, 2.75) is 38.3 Å². The average Bonchev–Trinajstić information content (AvgIpc) is 3.15. The fourth-order valence-electron chi connectivity index (χ4n) is 2.58. The van der Waals surface area contributed by atoms with Crippen LogP contribution in [0.3, 0.4) is 0 Å². The van der Waals surface area contributed by atoms with E-state index in [1.807, 2.05) is 6.20 Å². The van der Waals surface area contributed by atoms with E-state index in [1.54, 1.807) is 11.3 Å². The summed E-state index contributed by atoms with van der Waals surface area (Å²) < 4.78 is 0. The number of nitrogens with zero attached hydrogens (tertiary/aromatic N) is 1. The molecule has 1 N–H and O–H groups in total. The number of hydrogen-bond acceptors (Lipinski definition) is 3. The monoisotopic (exact) mass is 272 g/mol. The van der Waals surface area contributed by atoms with Crippen LogP contribution in [-0.2, 0) is 0 Å². The van der Waals surface area contributed by atoms with Crippen LogP contribution in [0.5, 0.6) is 0 Å². The lowest BCUT2D eigenvalue weighted by molar-refractivity contribution is 0.401. The summed E-state index contributed by atoms with van der Waals surface area (Å²) in [5.41, 5.74) is 1.42. The molecule has 2 unspecified atom stereocenters. The van der Waals surface area contributed by atoms with Gasteiger partial charge in [-0.3, -0.25) is 0 Å². The first-order valence-corrected chi connectivity index (χ1v) is 7.97. The Balaban J connectivity index is 1.78. The summed E-state index contributed by atoms with van der Waals surface area (Å²) in [6.07, 6.45) is 5.68. The zero-order valence-electron chi connectivity index (χ0n) is 11.3. The number of hydrogen-bond donors (Lipinski definition) is 1. The molecule has 1 heterocycles. The van der Waals surface area contributed by atoms with Gasteiger partial charge in [-0.15, -0.1) is 11.3 Å². The first kappa shape index (κ1) is 12.8. The van der Waals surface area contributed by atoms with Crippen molar-refractivity contribution in [1.29, 1.82) is 0 Å². The molecule has 1 aliphatic rings. The van der Waals surface area contributed by atoms with Gasteiger partial charge < -0.3 is 5.32 Å². The quantitative estimate of drug-likeness (QED) is 0.846. The fraction of sp³-hybridized carbons (Fsp3) is 0.438. The zero-order chi connectivity index (χ0) is 13.1. The molecule has 19 heavy (non-hydrogen) atoms. The molecular weight excluding hydrogens is 252 g/mol. The van der Waals surface area contributed by atoms with E-state index in [2.05, 4.69) is 52.9 Å². The highest BCUT2D eigenvalue weighted by Gasteiger charge is 2.33. The predicted molar refractivity (Wildman–Crippen MR) is 80.2 cm³/mol. The van der Waals surface area contributed by atoms with Crippen LogP contribution < -0.4 is 5.32 Å². The zero-order valence-corrected chi connectivity index (χ0v) is 12.1. The van der Waals surface area contributed by atoms with Gasteiger partial charge in [0.1, 0.15) is 5.01 Å². The molecule has 2 aromatic rings. The van der Waals surface area contributed by atoms with Crippen molar-refractivity contribution in [2.24, 2.45) is 5.92 Å². The third-order valence-electron chi connectivity index (χ3n) is 3.79. The van der Waals surface area contributed by atoms with E-state index in [1.165, 1.54) is 23.4 Å². The van der Waals surface area contributed by atoms with Crippen LogP contribution in [0.4, 0.5) is 0 Å². The van der Waals surface area contributed by atoms with Crippen molar-refractivity contribution in [3.05, 3.63) is 52.5 Å². The molecule has 1 aromatic heterocycles. The van der Waals surface area contributed by atoms with Crippen LogP contribution in [0, 0.1) is 5.92 Å². The minimum Gasteiger partial charge on any atom is -0.301 e. The first-order chi connectivity index (χ1) is 9.38. The smallest absolute Gasteiger partial charge is 0.109 e. The Kier molecular flexibility index (Phi) is 3.95. The molecule has 1 aromatic carbocycles. The summed E-state index contributed by atoms with van der Waals surface area (Å²) in [7, 11) is 0. The third-order valence-corrected chi connectivity index (χ3v) is 4.68. The van der Waals surface area contributed by atoms with Crippen LogP contribution in [0.1, 0.15) is 48.8 Å². The highest BCUT2D eigenvalue weighted by molar-refractivity contribution is 7.09. The summed E-state index contributed by atoms with van der Waals surface area (Å²) in [5.74, 6) is 0.802. The normalized spacial score (nSPS) is 18.2. The second kappa shape index (κ2) is 5.85. The van der Waals surface area contributed by atoms with Crippen molar-refractivity contribution in [3.8, 4) is 0 Å². The van der Waals surface area contributed by atoms with E-state index >= 15 is 0 Å². The van der Waals surface area contributed by atoms with E-state index in [-0.39, 0.29) is 0 Å². The predicted octanol–water partition coefficient (Wildman–Crippen LogP) is 4.34. The van der Waals surface area contributed by atoms with E-state index in [4.69, 9.17) is 0 Å². The molecule has 0 radical (unpaired) electrons. The molecule has 0 aliphatic heterocycles. The summed E-state index contributed by atoms with van der Waals surface area (Å²) >= 11 is 1.75. The van der Waals surface area contributed by atoms with Gasteiger partial charge in [0, 0.05) is 17.6 Å². The lowest BCUT2D eigenvalue weighted by atomic mass is 10.0. The van der Waals surface area contributed by atoms with Crippen LogP contribution in [-0.4, -0.2) is 4.98 Å². The molecule has 1 fully saturated rings. The van der Waals surface area contributed by atoms with Crippen LogP contribution in [0.15, 0.2) is 41.9 Å². The maximum atomic E-state index is 4.47. The fourth-order valence-corrected chi connectivity index (χ4v) is 3.36. The summed E-state index contributed by atoms with van der Waals surface area (Å²) in [5, 5.41) is 7.11. The molecular formula is C16H20N2S. The SMILES string of the molecule is CCC(NC(c1ccccc1)C1CC1)c1nccs1. The summed E-state index contributed by atoms with van der Waals surface area (Å²) in [6.45, 7) is 2.23. The summed E-state index contributed by atoms with van der Waals surface area (Å²) in [6, 6.07) is 11.7. The number of nitrogens with one attached hydrogen (secondary N) is 1. The van der Waals surface area contributed by atoms with Gasteiger partial charge in [-0.05, 0) is 30.7 Å². The highest BCUT2D eigenvalue weighted by atomic mass is 32.1.